The summed E-state index contributed by atoms with van der Waals surface area (Å²) in [6, 6.07) is 0.282. The molecule has 12 heavy (non-hydrogen) atoms. The fraction of sp³-hybridized carbons (Fsp3) is 0.625. The van der Waals surface area contributed by atoms with Gasteiger partial charge in [0.1, 0.15) is 6.29 Å². The first-order valence-electron chi connectivity index (χ1n) is 3.90. The first-order chi connectivity index (χ1) is 5.69. The molecule has 2 rings (SSSR count). The van der Waals surface area contributed by atoms with E-state index in [0.29, 0.717) is 19.4 Å². The van der Waals surface area contributed by atoms with E-state index in [2.05, 4.69) is 0 Å². The van der Waals surface area contributed by atoms with Crippen molar-refractivity contribution >= 4 is 18.0 Å². The highest BCUT2D eigenvalue weighted by atomic mass is 16.2. The quantitative estimate of drug-likeness (QED) is 0.371. The summed E-state index contributed by atoms with van der Waals surface area (Å²) in [4.78, 5) is 31.7. The van der Waals surface area contributed by atoms with E-state index >= 15 is 0 Å². The average Bonchev–Trinajstić information content (AvgIpc) is 2.29. The Morgan fingerprint density at radius 2 is 2.00 bits per heavy atom. The number of nitrogens with zero attached hydrogens (tertiary/aromatic N) is 1. The largest absolute Gasteiger partial charge is 0.331 e. The molecule has 2 aliphatic heterocycles. The van der Waals surface area contributed by atoms with Gasteiger partial charge in [0.15, 0.2) is 5.78 Å². The van der Waals surface area contributed by atoms with E-state index in [1.54, 1.807) is 4.90 Å². The number of aldehydes is 1. The summed E-state index contributed by atoms with van der Waals surface area (Å²) in [6.07, 6.45) is 1.96. The van der Waals surface area contributed by atoms with E-state index in [-0.39, 0.29) is 17.7 Å². The summed E-state index contributed by atoms with van der Waals surface area (Å²) < 4.78 is 0. The van der Waals surface area contributed by atoms with Crippen LogP contribution in [0.1, 0.15) is 19.8 Å². The molecule has 0 spiro atoms. The molecule has 2 heterocycles. The summed E-state index contributed by atoms with van der Waals surface area (Å²) in [7, 11) is 0. The molecule has 0 aliphatic carbocycles. The summed E-state index contributed by atoms with van der Waals surface area (Å²) in [5, 5.41) is 0. The Hall–Kier alpha value is -1.19. The predicted molar refractivity (Wildman–Crippen MR) is 41.5 cm³/mol. The number of carbonyl (C=O) groups is 3. The Balaban J connectivity index is 0.000000213. The standard InChI is InChI=1S/C6H7NO2.C2H4O/c8-5-1-4-2-6(9)7(4)3-5;1-2-3/h4H,1-3H2;2H,1H3. The van der Waals surface area contributed by atoms with Crippen molar-refractivity contribution in [1.82, 2.24) is 4.90 Å². The molecule has 2 fully saturated rings. The van der Waals surface area contributed by atoms with Crippen molar-refractivity contribution in [3.63, 3.8) is 0 Å². The van der Waals surface area contributed by atoms with E-state index in [1.807, 2.05) is 0 Å². The van der Waals surface area contributed by atoms with Crippen molar-refractivity contribution in [1.29, 1.82) is 0 Å². The maximum atomic E-state index is 10.7. The van der Waals surface area contributed by atoms with Gasteiger partial charge < -0.3 is 9.69 Å². The van der Waals surface area contributed by atoms with Gasteiger partial charge in [-0.2, -0.15) is 0 Å². The normalized spacial score (nSPS) is 25.4. The Morgan fingerprint density at radius 3 is 2.33 bits per heavy atom. The molecule has 2 saturated heterocycles. The monoisotopic (exact) mass is 169 g/mol. The lowest BCUT2D eigenvalue weighted by Gasteiger charge is -2.32. The molecule has 0 N–H and O–H groups in total. The zero-order chi connectivity index (χ0) is 9.14. The Labute approximate surface area is 70.5 Å². The molecular weight excluding hydrogens is 158 g/mol. The summed E-state index contributed by atoms with van der Waals surface area (Å²) in [5.41, 5.74) is 0. The number of ketones is 1. The Morgan fingerprint density at radius 1 is 1.42 bits per heavy atom. The lowest BCUT2D eigenvalue weighted by molar-refractivity contribution is -0.143. The zero-order valence-electron chi connectivity index (χ0n) is 6.95. The van der Waals surface area contributed by atoms with Crippen LogP contribution in [0, 0.1) is 0 Å². The van der Waals surface area contributed by atoms with Crippen LogP contribution < -0.4 is 0 Å². The zero-order valence-corrected chi connectivity index (χ0v) is 6.95. The van der Waals surface area contributed by atoms with Gasteiger partial charge in [0.2, 0.25) is 5.91 Å². The minimum absolute atomic E-state index is 0.144. The molecule has 0 aromatic carbocycles. The minimum Gasteiger partial charge on any atom is -0.331 e. The van der Waals surface area contributed by atoms with Gasteiger partial charge in [-0.05, 0) is 6.92 Å². The van der Waals surface area contributed by atoms with Crippen molar-refractivity contribution in [2.75, 3.05) is 6.54 Å². The fourth-order valence-electron chi connectivity index (χ4n) is 1.44. The van der Waals surface area contributed by atoms with Crippen LogP contribution in [-0.4, -0.2) is 35.5 Å². The van der Waals surface area contributed by atoms with Crippen molar-refractivity contribution in [2.24, 2.45) is 0 Å². The molecule has 1 unspecified atom stereocenters. The smallest absolute Gasteiger partial charge is 0.225 e. The number of carbonyl (C=O) groups excluding carboxylic acids is 3. The predicted octanol–water partition coefficient (Wildman–Crippen LogP) is -0.235. The molecule has 0 saturated carbocycles. The van der Waals surface area contributed by atoms with Crippen molar-refractivity contribution in [2.45, 2.75) is 25.8 Å². The summed E-state index contributed by atoms with van der Waals surface area (Å²) in [6.45, 7) is 1.82. The van der Waals surface area contributed by atoms with Gasteiger partial charge in [-0.1, -0.05) is 0 Å². The molecule has 4 nitrogen and oxygen atoms in total. The third-order valence-electron chi connectivity index (χ3n) is 1.98. The number of β-lactam (4-membered cyclic amide) rings is 1. The van der Waals surface area contributed by atoms with Crippen molar-refractivity contribution < 1.29 is 14.4 Å². The topological polar surface area (TPSA) is 54.5 Å². The first-order valence-corrected chi connectivity index (χ1v) is 3.90. The summed E-state index contributed by atoms with van der Waals surface area (Å²) >= 11 is 0. The van der Waals surface area contributed by atoms with Gasteiger partial charge in [0.05, 0.1) is 6.54 Å². The van der Waals surface area contributed by atoms with Crippen LogP contribution >= 0.6 is 0 Å². The van der Waals surface area contributed by atoms with Crippen molar-refractivity contribution in [3.05, 3.63) is 0 Å². The highest BCUT2D eigenvalue weighted by Gasteiger charge is 2.43. The molecular formula is C8H11NO3. The van der Waals surface area contributed by atoms with E-state index in [0.717, 1.165) is 6.29 Å². The summed E-state index contributed by atoms with van der Waals surface area (Å²) in [5.74, 6) is 0.358. The molecule has 0 radical (unpaired) electrons. The maximum Gasteiger partial charge on any atom is 0.225 e. The second-order valence-electron chi connectivity index (χ2n) is 2.86. The maximum absolute atomic E-state index is 10.7. The third kappa shape index (κ3) is 1.52. The number of amides is 1. The molecule has 0 aromatic rings. The fourth-order valence-corrected chi connectivity index (χ4v) is 1.44. The number of hydrogen-bond acceptors (Lipinski definition) is 3. The molecule has 1 amide bonds. The lowest BCUT2D eigenvalue weighted by atomic mass is 10.0. The van der Waals surface area contributed by atoms with E-state index in [4.69, 9.17) is 4.79 Å². The lowest BCUT2D eigenvalue weighted by Crippen LogP contribution is -2.47. The SMILES string of the molecule is CC=O.O=C1CC2CC(=O)N2C1. The van der Waals surface area contributed by atoms with E-state index in [9.17, 15) is 9.59 Å². The van der Waals surface area contributed by atoms with Crippen LogP contribution in [0.4, 0.5) is 0 Å². The third-order valence-corrected chi connectivity index (χ3v) is 1.98. The highest BCUT2D eigenvalue weighted by Crippen LogP contribution is 2.27. The Bertz CT molecular complexity index is 222. The van der Waals surface area contributed by atoms with Gasteiger partial charge in [0, 0.05) is 18.9 Å². The second-order valence-corrected chi connectivity index (χ2v) is 2.86. The number of fused-ring (bicyclic) bond motifs is 1. The van der Waals surface area contributed by atoms with Crippen LogP contribution in [0.25, 0.3) is 0 Å². The van der Waals surface area contributed by atoms with E-state index in [1.165, 1.54) is 6.92 Å². The molecule has 0 bridgehead atoms. The van der Waals surface area contributed by atoms with Gasteiger partial charge in [-0.3, -0.25) is 9.59 Å². The average molecular weight is 169 g/mol. The molecule has 4 heteroatoms. The number of Topliss-reactive ketones (excluding diaryl/α,β-unsaturated/α-hetero) is 1. The number of hydrogen-bond donors (Lipinski definition) is 0. The molecule has 2 aliphatic rings. The van der Waals surface area contributed by atoms with Gasteiger partial charge in [0.25, 0.3) is 0 Å². The Kier molecular flexibility index (Phi) is 2.58. The highest BCUT2D eigenvalue weighted by molar-refractivity contribution is 5.95. The molecule has 66 valence electrons. The van der Waals surface area contributed by atoms with Crippen LogP contribution in [0.3, 0.4) is 0 Å². The van der Waals surface area contributed by atoms with Gasteiger partial charge in [-0.25, -0.2) is 0 Å². The van der Waals surface area contributed by atoms with Crippen LogP contribution in [0.5, 0.6) is 0 Å². The molecule has 1 atom stereocenters. The van der Waals surface area contributed by atoms with E-state index < -0.39 is 0 Å². The van der Waals surface area contributed by atoms with Crippen molar-refractivity contribution in [3.8, 4) is 0 Å². The van der Waals surface area contributed by atoms with Gasteiger partial charge in [-0.15, -0.1) is 0 Å². The van der Waals surface area contributed by atoms with Crippen LogP contribution in [0.2, 0.25) is 0 Å². The van der Waals surface area contributed by atoms with Crippen LogP contribution in [-0.2, 0) is 14.4 Å². The minimum atomic E-state index is 0.144. The molecule has 0 aromatic heterocycles. The first kappa shape index (κ1) is 8.90. The number of rotatable bonds is 0. The van der Waals surface area contributed by atoms with Gasteiger partial charge >= 0.3 is 0 Å². The second kappa shape index (κ2) is 3.47. The van der Waals surface area contributed by atoms with Crippen LogP contribution in [0.15, 0.2) is 0 Å².